The van der Waals surface area contributed by atoms with Crippen molar-refractivity contribution in [3.8, 4) is 17.1 Å². The van der Waals surface area contributed by atoms with Crippen molar-refractivity contribution in [2.24, 2.45) is 5.73 Å². The van der Waals surface area contributed by atoms with E-state index < -0.39 is 23.6 Å². The van der Waals surface area contributed by atoms with Crippen molar-refractivity contribution in [3.63, 3.8) is 0 Å². The van der Waals surface area contributed by atoms with Crippen LogP contribution in [0.2, 0.25) is 0 Å². The van der Waals surface area contributed by atoms with E-state index in [2.05, 4.69) is 27.3 Å². The summed E-state index contributed by atoms with van der Waals surface area (Å²) >= 11 is 0. The van der Waals surface area contributed by atoms with Crippen LogP contribution < -0.4 is 16.0 Å². The molecule has 1 saturated heterocycles. The van der Waals surface area contributed by atoms with Gasteiger partial charge >= 0.3 is 11.7 Å². The lowest BCUT2D eigenvalue weighted by Crippen LogP contribution is -2.60. The number of unbranched alkanes of at least 4 members (excludes halogenated alkanes) is 1. The quantitative estimate of drug-likeness (QED) is 0.407. The van der Waals surface area contributed by atoms with Gasteiger partial charge in [-0.25, -0.2) is 9.67 Å². The molecule has 1 aromatic carbocycles. The number of rotatable bonds is 10. The Morgan fingerprint density at radius 2 is 1.85 bits per heavy atom. The van der Waals surface area contributed by atoms with Crippen LogP contribution in [0.5, 0.6) is 0 Å². The highest BCUT2D eigenvalue weighted by atomic mass is 16.7. The number of anilines is 1. The number of hydrogen-bond acceptors (Lipinski definition) is 8. The van der Waals surface area contributed by atoms with E-state index in [-0.39, 0.29) is 5.56 Å². The number of nitrogens with two attached hydrogens (primary N) is 1. The molecule has 5 rings (SSSR count). The number of ether oxygens (including phenoxy) is 3. The maximum Gasteiger partial charge on any atom is 0.351 e. The minimum atomic E-state index is -1.81. The third kappa shape index (κ3) is 5.44. The van der Waals surface area contributed by atoms with Crippen LogP contribution in [0.4, 0.5) is 5.69 Å². The molecule has 2 aromatic heterocycles. The molecule has 4 heterocycles. The van der Waals surface area contributed by atoms with E-state index in [0.29, 0.717) is 12.2 Å². The summed E-state index contributed by atoms with van der Waals surface area (Å²) in [5.74, 6) is -2.73. The Hall–Kier alpha value is -4.38. The second kappa shape index (κ2) is 11.6. The molecule has 1 atom stereocenters. The summed E-state index contributed by atoms with van der Waals surface area (Å²) in [6, 6.07) is 12.6. The number of benzene rings is 1. The Balaban J connectivity index is 1.36. The summed E-state index contributed by atoms with van der Waals surface area (Å²) in [7, 11) is 0. The minimum absolute atomic E-state index is 0.280. The zero-order valence-electron chi connectivity index (χ0n) is 21.8. The fourth-order valence-electron chi connectivity index (χ4n) is 4.76. The molecule has 2 aliphatic rings. The van der Waals surface area contributed by atoms with Crippen molar-refractivity contribution >= 4 is 17.5 Å². The third-order valence-electron chi connectivity index (χ3n) is 6.87. The van der Waals surface area contributed by atoms with Crippen molar-refractivity contribution in [1.82, 2.24) is 20.1 Å². The summed E-state index contributed by atoms with van der Waals surface area (Å²) in [6.45, 7) is 5.20. The fraction of sp³-hybridized carbons (Fsp3) is 0.357. The largest absolute Gasteiger partial charge is 0.447 e. The number of amides is 2. The standard InChI is InChI=1S/C28H32N6O5/c1-2-3-6-24(28(27(29)36)38-18-19-39-28)31-26(35)22-5-4-12-30-25(22)34-13-11-23(32-34)20-7-9-21(10-8-20)33-14-16-37-17-15-33/h4-5,7-13,18-19,24H,2-3,6,14-17H2,1H3,(H2,29,36)(H,31,35). The highest BCUT2D eigenvalue weighted by molar-refractivity contribution is 5.98. The van der Waals surface area contributed by atoms with Crippen molar-refractivity contribution in [2.75, 3.05) is 31.2 Å². The van der Waals surface area contributed by atoms with Gasteiger partial charge in [-0.3, -0.25) is 9.59 Å². The van der Waals surface area contributed by atoms with E-state index in [1.165, 1.54) is 12.5 Å². The molecule has 11 heteroatoms. The highest BCUT2D eigenvalue weighted by Gasteiger charge is 2.51. The predicted octanol–water partition coefficient (Wildman–Crippen LogP) is 2.76. The SMILES string of the molecule is CCCCC(NC(=O)c1cccnc1-n1ccc(-c2ccc(N3CCOCC3)cc2)n1)C1(C(N)=O)OC=CO1. The van der Waals surface area contributed by atoms with Crippen molar-refractivity contribution in [1.29, 1.82) is 0 Å². The number of primary amides is 1. The monoisotopic (exact) mass is 532 g/mol. The van der Waals surface area contributed by atoms with Crippen molar-refractivity contribution in [2.45, 2.75) is 38.0 Å². The van der Waals surface area contributed by atoms with Crippen LogP contribution in [-0.4, -0.2) is 64.7 Å². The molecule has 2 amide bonds. The number of pyridine rings is 1. The summed E-state index contributed by atoms with van der Waals surface area (Å²) in [4.78, 5) is 32.6. The minimum Gasteiger partial charge on any atom is -0.447 e. The third-order valence-corrected chi connectivity index (χ3v) is 6.87. The second-order valence-electron chi connectivity index (χ2n) is 9.37. The first-order valence-corrected chi connectivity index (χ1v) is 13.1. The van der Waals surface area contributed by atoms with Gasteiger partial charge in [0.1, 0.15) is 18.6 Å². The lowest BCUT2D eigenvalue weighted by atomic mass is 9.99. The van der Waals surface area contributed by atoms with Crippen LogP contribution in [0.3, 0.4) is 0 Å². The molecule has 0 radical (unpaired) electrons. The van der Waals surface area contributed by atoms with Crippen LogP contribution in [0.25, 0.3) is 17.1 Å². The average molecular weight is 533 g/mol. The van der Waals surface area contributed by atoms with E-state index in [1.807, 2.05) is 25.1 Å². The molecule has 2 aliphatic heterocycles. The van der Waals surface area contributed by atoms with E-state index in [0.717, 1.165) is 56.1 Å². The number of hydrogen-bond donors (Lipinski definition) is 2. The number of nitrogens with one attached hydrogen (secondary N) is 1. The van der Waals surface area contributed by atoms with Gasteiger partial charge in [0.2, 0.25) is 0 Å². The zero-order chi connectivity index (χ0) is 27.2. The number of nitrogens with zero attached hydrogens (tertiary/aromatic N) is 4. The van der Waals surface area contributed by atoms with Gasteiger partial charge in [-0.15, -0.1) is 0 Å². The van der Waals surface area contributed by atoms with Gasteiger partial charge in [0.05, 0.1) is 24.5 Å². The van der Waals surface area contributed by atoms with E-state index in [9.17, 15) is 9.59 Å². The lowest BCUT2D eigenvalue weighted by molar-refractivity contribution is -0.182. The molecule has 3 aromatic rings. The molecular formula is C28H32N6O5. The molecule has 39 heavy (non-hydrogen) atoms. The van der Waals surface area contributed by atoms with Crippen molar-refractivity contribution < 1.29 is 23.8 Å². The van der Waals surface area contributed by atoms with Gasteiger partial charge in [-0.1, -0.05) is 31.9 Å². The van der Waals surface area contributed by atoms with Crippen LogP contribution in [-0.2, 0) is 19.0 Å². The first kappa shape index (κ1) is 26.2. The molecule has 1 unspecified atom stereocenters. The Morgan fingerprint density at radius 1 is 1.10 bits per heavy atom. The molecule has 0 aliphatic carbocycles. The molecule has 0 saturated carbocycles. The highest BCUT2D eigenvalue weighted by Crippen LogP contribution is 2.28. The lowest BCUT2D eigenvalue weighted by Gasteiger charge is -2.33. The number of carbonyl (C=O) groups is 2. The zero-order valence-corrected chi connectivity index (χ0v) is 21.8. The Morgan fingerprint density at radius 3 is 2.54 bits per heavy atom. The van der Waals surface area contributed by atoms with Gasteiger partial charge in [-0.2, -0.15) is 5.10 Å². The van der Waals surface area contributed by atoms with Gasteiger partial charge in [0.15, 0.2) is 5.82 Å². The topological polar surface area (TPSA) is 134 Å². The summed E-state index contributed by atoms with van der Waals surface area (Å²) in [6.07, 6.45) is 7.85. The maximum absolute atomic E-state index is 13.5. The van der Waals surface area contributed by atoms with Crippen LogP contribution in [0.1, 0.15) is 36.5 Å². The molecule has 1 fully saturated rings. The number of carbonyl (C=O) groups excluding carboxylic acids is 2. The number of morpholine rings is 1. The normalized spacial score (nSPS) is 16.8. The second-order valence-corrected chi connectivity index (χ2v) is 9.37. The molecule has 11 nitrogen and oxygen atoms in total. The average Bonchev–Trinajstić information content (AvgIpc) is 3.67. The predicted molar refractivity (Wildman–Crippen MR) is 144 cm³/mol. The summed E-state index contributed by atoms with van der Waals surface area (Å²) in [5.41, 5.74) is 8.74. The molecular weight excluding hydrogens is 500 g/mol. The van der Waals surface area contributed by atoms with Crippen molar-refractivity contribution in [3.05, 3.63) is 72.9 Å². The van der Waals surface area contributed by atoms with E-state index >= 15 is 0 Å². The molecule has 0 spiro atoms. The Kier molecular flexibility index (Phi) is 7.78. The maximum atomic E-state index is 13.5. The van der Waals surface area contributed by atoms with Crippen LogP contribution in [0, 0.1) is 0 Å². The molecule has 204 valence electrons. The van der Waals surface area contributed by atoms with Gasteiger partial charge < -0.3 is 30.2 Å². The van der Waals surface area contributed by atoms with E-state index in [4.69, 9.17) is 25.0 Å². The smallest absolute Gasteiger partial charge is 0.351 e. The number of aromatic nitrogens is 3. The summed E-state index contributed by atoms with van der Waals surface area (Å²) in [5, 5.41) is 7.58. The Bertz CT molecular complexity index is 1320. The fourth-order valence-corrected chi connectivity index (χ4v) is 4.76. The van der Waals surface area contributed by atoms with Gasteiger partial charge in [0, 0.05) is 36.7 Å². The first-order chi connectivity index (χ1) is 19.0. The van der Waals surface area contributed by atoms with Gasteiger partial charge in [-0.05, 0) is 36.8 Å². The van der Waals surface area contributed by atoms with Crippen LogP contribution in [0.15, 0.2) is 67.4 Å². The van der Waals surface area contributed by atoms with Crippen LogP contribution >= 0.6 is 0 Å². The van der Waals surface area contributed by atoms with E-state index in [1.54, 1.807) is 29.2 Å². The van der Waals surface area contributed by atoms with Gasteiger partial charge in [0.25, 0.3) is 5.91 Å². The summed E-state index contributed by atoms with van der Waals surface area (Å²) < 4.78 is 18.0. The Labute approximate surface area is 226 Å². The first-order valence-electron chi connectivity index (χ1n) is 13.1. The molecule has 3 N–H and O–H groups in total. The molecule has 0 bridgehead atoms.